The molecule has 1 heterocycles. The zero-order valence-electron chi connectivity index (χ0n) is 14.7. The summed E-state index contributed by atoms with van der Waals surface area (Å²) < 4.78 is 0. The maximum atomic E-state index is 12.1. The monoisotopic (exact) mass is 359 g/mol. The number of likely N-dealkylation sites (tertiary alicyclic amines) is 1. The van der Waals surface area contributed by atoms with Crippen LogP contribution in [0.1, 0.15) is 46.0 Å². The van der Waals surface area contributed by atoms with Crippen molar-refractivity contribution in [3.05, 3.63) is 0 Å². The Kier molecular flexibility index (Phi) is 15.6. The third kappa shape index (κ3) is 11.9. The van der Waals surface area contributed by atoms with Crippen molar-refractivity contribution < 1.29 is 24.4 Å². The van der Waals surface area contributed by atoms with Crippen molar-refractivity contribution in [3.8, 4) is 0 Å². The van der Waals surface area contributed by atoms with Gasteiger partial charge in [0.25, 0.3) is 0 Å². The van der Waals surface area contributed by atoms with E-state index < -0.39 is 7.12 Å². The first kappa shape index (κ1) is 26.0. The van der Waals surface area contributed by atoms with Crippen LogP contribution in [0, 0.1) is 0 Å². The highest BCUT2D eigenvalue weighted by atomic mass is 16.4. The van der Waals surface area contributed by atoms with E-state index in [9.17, 15) is 4.79 Å². The van der Waals surface area contributed by atoms with Crippen molar-refractivity contribution in [1.29, 1.82) is 0 Å². The van der Waals surface area contributed by atoms with Crippen molar-refractivity contribution in [3.63, 3.8) is 0 Å². The molecule has 0 aromatic heterocycles. The van der Waals surface area contributed by atoms with Crippen LogP contribution >= 0.6 is 0 Å². The van der Waals surface area contributed by atoms with Crippen LogP contribution in [0.2, 0.25) is 6.32 Å². The van der Waals surface area contributed by atoms with Crippen LogP contribution in [-0.4, -0.2) is 78.3 Å². The van der Waals surface area contributed by atoms with Gasteiger partial charge in [-0.3, -0.25) is 9.69 Å². The van der Waals surface area contributed by atoms with Crippen molar-refractivity contribution >= 4 is 19.2 Å². The van der Waals surface area contributed by atoms with Crippen molar-refractivity contribution in [2.45, 2.75) is 64.4 Å². The van der Waals surface area contributed by atoms with Gasteiger partial charge in [-0.05, 0) is 38.5 Å². The summed E-state index contributed by atoms with van der Waals surface area (Å²) in [7, 11) is 2.41. The highest BCUT2D eigenvalue weighted by Gasteiger charge is 2.31. The lowest BCUT2D eigenvalue weighted by Gasteiger charge is -2.27. The molecule has 1 rings (SSSR count). The SMILES string of the molecule is C.CN(C)C(=O)[C@@H]1CCCN1CCC(N)CCCCB(O)O.O=C=O. The molecule has 1 fully saturated rings. The Bertz CT molecular complexity index is 390. The van der Waals surface area contributed by atoms with Gasteiger partial charge in [0.2, 0.25) is 5.91 Å². The highest BCUT2D eigenvalue weighted by Crippen LogP contribution is 2.19. The normalized spacial score (nSPS) is 17.6. The van der Waals surface area contributed by atoms with E-state index in [0.717, 1.165) is 51.6 Å². The molecule has 1 aliphatic rings. The number of rotatable bonds is 9. The Morgan fingerprint density at radius 3 is 2.44 bits per heavy atom. The summed E-state index contributed by atoms with van der Waals surface area (Å²) in [4.78, 5) is 32.2. The van der Waals surface area contributed by atoms with Gasteiger partial charge in [0.05, 0.1) is 6.04 Å². The lowest BCUT2D eigenvalue weighted by atomic mass is 9.83. The topological polar surface area (TPSA) is 124 Å². The minimum atomic E-state index is -1.20. The summed E-state index contributed by atoms with van der Waals surface area (Å²) in [6.45, 7) is 1.85. The molecule has 1 amide bonds. The first-order chi connectivity index (χ1) is 11.3. The third-order valence-corrected chi connectivity index (χ3v) is 4.16. The summed E-state index contributed by atoms with van der Waals surface area (Å²) in [5.74, 6) is 0.193. The Morgan fingerprint density at radius 2 is 1.92 bits per heavy atom. The molecule has 2 atom stereocenters. The molecule has 9 heteroatoms. The molecule has 0 aromatic carbocycles. The number of amides is 1. The molecule has 146 valence electrons. The molecular formula is C16H34BN3O5. The molecule has 1 saturated heterocycles. The van der Waals surface area contributed by atoms with E-state index in [1.54, 1.807) is 19.0 Å². The van der Waals surface area contributed by atoms with Crippen LogP contribution in [0.15, 0.2) is 0 Å². The second-order valence-corrected chi connectivity index (χ2v) is 6.32. The second-order valence-electron chi connectivity index (χ2n) is 6.32. The molecule has 0 aromatic rings. The van der Waals surface area contributed by atoms with Crippen molar-refractivity contribution in [1.82, 2.24) is 9.80 Å². The molecule has 0 spiro atoms. The summed E-state index contributed by atoms with van der Waals surface area (Å²) >= 11 is 0. The second kappa shape index (κ2) is 15.0. The largest absolute Gasteiger partial charge is 0.451 e. The van der Waals surface area contributed by atoms with Crippen molar-refractivity contribution in [2.24, 2.45) is 5.73 Å². The first-order valence-corrected chi connectivity index (χ1v) is 8.39. The fourth-order valence-corrected chi connectivity index (χ4v) is 2.88. The third-order valence-electron chi connectivity index (χ3n) is 4.16. The van der Waals surface area contributed by atoms with E-state index >= 15 is 0 Å². The average Bonchev–Trinajstić information content (AvgIpc) is 2.97. The number of carbonyl (C=O) groups is 1. The van der Waals surface area contributed by atoms with E-state index in [0.29, 0.717) is 6.32 Å². The quantitative estimate of drug-likeness (QED) is 0.389. The Balaban J connectivity index is 0. The lowest BCUT2D eigenvalue weighted by Crippen LogP contribution is -2.44. The number of likely N-dealkylation sites (N-methyl/N-ethyl adjacent to an activating group) is 1. The zero-order valence-corrected chi connectivity index (χ0v) is 14.7. The van der Waals surface area contributed by atoms with Gasteiger partial charge in [-0.1, -0.05) is 20.3 Å². The van der Waals surface area contributed by atoms with Crippen LogP contribution in [-0.2, 0) is 14.4 Å². The molecule has 0 saturated carbocycles. The molecule has 1 aliphatic heterocycles. The van der Waals surface area contributed by atoms with E-state index in [4.69, 9.17) is 25.4 Å². The minimum Gasteiger partial charge on any atom is -0.427 e. The number of nitrogens with zero attached hydrogens (tertiary/aromatic N) is 2. The molecular weight excluding hydrogens is 325 g/mol. The predicted octanol–water partition coefficient (Wildman–Crippen LogP) is -0.0479. The van der Waals surface area contributed by atoms with Crippen LogP contribution < -0.4 is 5.73 Å². The number of unbranched alkanes of at least 4 members (excludes halogenated alkanes) is 1. The summed E-state index contributed by atoms with van der Waals surface area (Å²) in [6, 6.07) is 0.147. The molecule has 0 radical (unpaired) electrons. The first-order valence-electron chi connectivity index (χ1n) is 8.39. The smallest absolute Gasteiger partial charge is 0.427 e. The van der Waals surface area contributed by atoms with Crippen LogP contribution in [0.3, 0.4) is 0 Å². The maximum Gasteiger partial charge on any atom is 0.451 e. The van der Waals surface area contributed by atoms with Gasteiger partial charge in [0.1, 0.15) is 0 Å². The molecule has 4 N–H and O–H groups in total. The molecule has 0 bridgehead atoms. The van der Waals surface area contributed by atoms with E-state index in [1.165, 1.54) is 0 Å². The van der Waals surface area contributed by atoms with E-state index in [2.05, 4.69) is 4.90 Å². The fourth-order valence-electron chi connectivity index (χ4n) is 2.88. The van der Waals surface area contributed by atoms with Crippen LogP contribution in [0.4, 0.5) is 0 Å². The number of carbonyl (C=O) groups excluding carboxylic acids is 3. The predicted molar refractivity (Wildman–Crippen MR) is 96.5 cm³/mol. The zero-order chi connectivity index (χ0) is 18.5. The number of nitrogens with two attached hydrogens (primary N) is 1. The molecule has 25 heavy (non-hydrogen) atoms. The maximum absolute atomic E-state index is 12.1. The summed E-state index contributed by atoms with van der Waals surface area (Å²) in [5, 5.41) is 17.5. The highest BCUT2D eigenvalue weighted by molar-refractivity contribution is 6.40. The average molecular weight is 359 g/mol. The Hall–Kier alpha value is -1.25. The van der Waals surface area contributed by atoms with Crippen LogP contribution in [0.25, 0.3) is 0 Å². The Morgan fingerprint density at radius 1 is 1.32 bits per heavy atom. The van der Waals surface area contributed by atoms with Gasteiger partial charge in [-0.15, -0.1) is 0 Å². The van der Waals surface area contributed by atoms with Gasteiger partial charge in [-0.25, -0.2) is 0 Å². The number of hydrogen-bond donors (Lipinski definition) is 3. The molecule has 0 aliphatic carbocycles. The van der Waals surface area contributed by atoms with E-state index in [-0.39, 0.29) is 31.6 Å². The van der Waals surface area contributed by atoms with Crippen molar-refractivity contribution in [2.75, 3.05) is 27.2 Å². The van der Waals surface area contributed by atoms with Gasteiger partial charge < -0.3 is 20.7 Å². The fraction of sp³-hybridized carbons (Fsp3) is 0.875. The number of hydrogen-bond acceptors (Lipinski definition) is 7. The minimum absolute atomic E-state index is 0. The molecule has 1 unspecified atom stereocenters. The van der Waals surface area contributed by atoms with Crippen LogP contribution in [0.5, 0.6) is 0 Å². The Labute approximate surface area is 151 Å². The van der Waals surface area contributed by atoms with Gasteiger partial charge in [0.15, 0.2) is 0 Å². The van der Waals surface area contributed by atoms with Gasteiger partial charge in [0, 0.05) is 26.7 Å². The van der Waals surface area contributed by atoms with E-state index in [1.807, 2.05) is 0 Å². The summed E-state index contributed by atoms with van der Waals surface area (Å²) in [6.07, 6.45) is 6.17. The van der Waals surface area contributed by atoms with Gasteiger partial charge in [-0.2, -0.15) is 9.59 Å². The van der Waals surface area contributed by atoms with Gasteiger partial charge >= 0.3 is 13.3 Å². The molecule has 8 nitrogen and oxygen atoms in total. The summed E-state index contributed by atoms with van der Waals surface area (Å²) in [5.41, 5.74) is 6.10. The standard InChI is InChI=1S/C14H30BN3O3.CO2.CH4/c1-17(2)14(19)13-7-5-10-18(13)11-8-12(16)6-3-4-9-15(20)21;2-1-3;/h12-13,20-21H,3-11,16H2,1-2H3;;1H4/t12?,13-;;/m0../s1. The lowest BCUT2D eigenvalue weighted by molar-refractivity contribution is -0.191.